The molecule has 0 aliphatic carbocycles. The first-order valence-electron chi connectivity index (χ1n) is 8.49. The van der Waals surface area contributed by atoms with Gasteiger partial charge in [0.25, 0.3) is 0 Å². The lowest BCUT2D eigenvalue weighted by Gasteiger charge is -2.26. The Morgan fingerprint density at radius 3 is 1.37 bits per heavy atom. The van der Waals surface area contributed by atoms with Crippen molar-refractivity contribution in [1.29, 1.82) is 0 Å². The summed E-state index contributed by atoms with van der Waals surface area (Å²) in [7, 11) is 3.32. The Balaban J connectivity index is 1.99. The molecule has 0 radical (unpaired) electrons. The molecule has 0 saturated carbocycles. The third-order valence-electron chi connectivity index (χ3n) is 4.08. The molecule has 0 amide bonds. The van der Waals surface area contributed by atoms with Crippen LogP contribution in [-0.2, 0) is 0 Å². The van der Waals surface area contributed by atoms with Gasteiger partial charge in [-0.2, -0.15) is 0 Å². The van der Waals surface area contributed by atoms with Crippen molar-refractivity contribution in [2.75, 3.05) is 25.7 Å². The van der Waals surface area contributed by atoms with Gasteiger partial charge in [-0.25, -0.2) is 0 Å². The van der Waals surface area contributed by atoms with E-state index in [1.54, 1.807) is 14.2 Å². The van der Waals surface area contributed by atoms with Gasteiger partial charge in [0.2, 0.25) is 0 Å². The quantitative estimate of drug-likeness (QED) is 0.544. The maximum Gasteiger partial charge on any atom is 0.148 e. The minimum absolute atomic E-state index is 0.250. The van der Waals surface area contributed by atoms with Crippen molar-refractivity contribution in [3.05, 3.63) is 72.8 Å². The van der Waals surface area contributed by atoms with Crippen LogP contribution in [0.3, 0.4) is 0 Å². The monoisotopic (exact) mass is 359 g/mol. The first-order valence-corrected chi connectivity index (χ1v) is 8.49. The number of terminal acetylenes is 1. The molecule has 3 aromatic rings. The molecular formula is C23H21NO3. The Labute approximate surface area is 159 Å². The topological polar surface area (TPSA) is 30.9 Å². The van der Waals surface area contributed by atoms with E-state index in [4.69, 9.17) is 20.6 Å². The van der Waals surface area contributed by atoms with Crippen LogP contribution in [-0.4, -0.2) is 20.8 Å². The molecule has 4 heteroatoms. The molecule has 136 valence electrons. The molecule has 0 aliphatic heterocycles. The predicted octanol–water partition coefficient (Wildman–Crippen LogP) is 5.19. The van der Waals surface area contributed by atoms with Crippen molar-refractivity contribution in [2.45, 2.75) is 0 Å². The summed E-state index contributed by atoms with van der Waals surface area (Å²) in [5.74, 6) is 4.83. The fraction of sp³-hybridized carbons (Fsp3) is 0.130. The zero-order valence-corrected chi connectivity index (χ0v) is 15.4. The molecule has 3 aromatic carbocycles. The fourth-order valence-electron chi connectivity index (χ4n) is 2.73. The van der Waals surface area contributed by atoms with Crippen LogP contribution in [0.2, 0.25) is 0 Å². The van der Waals surface area contributed by atoms with Crippen LogP contribution in [0.1, 0.15) is 0 Å². The van der Waals surface area contributed by atoms with Crippen LogP contribution in [0.5, 0.6) is 17.2 Å². The normalized spacial score (nSPS) is 9.96. The van der Waals surface area contributed by atoms with Gasteiger partial charge < -0.3 is 19.1 Å². The van der Waals surface area contributed by atoms with E-state index in [1.807, 2.05) is 72.8 Å². The second kappa shape index (κ2) is 8.68. The average molecular weight is 359 g/mol. The summed E-state index contributed by atoms with van der Waals surface area (Å²) in [5, 5.41) is 0. The number of benzene rings is 3. The van der Waals surface area contributed by atoms with Crippen molar-refractivity contribution in [1.82, 2.24) is 0 Å². The second-order valence-corrected chi connectivity index (χ2v) is 5.72. The zero-order valence-electron chi connectivity index (χ0n) is 15.4. The van der Waals surface area contributed by atoms with Gasteiger partial charge in [-0.05, 0) is 72.8 Å². The third-order valence-corrected chi connectivity index (χ3v) is 4.08. The molecule has 0 N–H and O–H groups in total. The second-order valence-electron chi connectivity index (χ2n) is 5.72. The summed E-state index contributed by atoms with van der Waals surface area (Å²) in [6.07, 6.45) is 5.25. The number of nitrogens with zero attached hydrogens (tertiary/aromatic N) is 1. The van der Waals surface area contributed by atoms with E-state index in [-0.39, 0.29) is 6.61 Å². The summed E-state index contributed by atoms with van der Waals surface area (Å²) in [6.45, 7) is 0.250. The van der Waals surface area contributed by atoms with E-state index >= 15 is 0 Å². The van der Waals surface area contributed by atoms with E-state index in [0.29, 0.717) is 0 Å². The third kappa shape index (κ3) is 4.34. The number of hydrogen-bond acceptors (Lipinski definition) is 4. The molecule has 0 heterocycles. The summed E-state index contributed by atoms with van der Waals surface area (Å²) < 4.78 is 16.0. The van der Waals surface area contributed by atoms with E-state index in [9.17, 15) is 0 Å². The lowest BCUT2D eigenvalue weighted by molar-refractivity contribution is 0.370. The van der Waals surface area contributed by atoms with E-state index in [1.165, 1.54) is 0 Å². The highest BCUT2D eigenvalue weighted by Crippen LogP contribution is 2.36. The number of rotatable bonds is 7. The van der Waals surface area contributed by atoms with Gasteiger partial charge in [-0.1, -0.05) is 5.92 Å². The Hall–Kier alpha value is -3.58. The minimum atomic E-state index is 0.250. The van der Waals surface area contributed by atoms with Gasteiger partial charge in [-0.15, -0.1) is 6.42 Å². The van der Waals surface area contributed by atoms with Crippen LogP contribution in [0.4, 0.5) is 17.1 Å². The molecule has 0 atom stereocenters. The standard InChI is InChI=1S/C23H21NO3/c1-4-17-27-23-15-9-20(10-16-23)24(18-5-11-21(25-2)12-6-18)19-7-13-22(26-3)14-8-19/h1,5-16H,17H2,2-3H3. The lowest BCUT2D eigenvalue weighted by atomic mass is 10.2. The van der Waals surface area contributed by atoms with Crippen LogP contribution in [0, 0.1) is 12.3 Å². The molecule has 0 unspecified atom stereocenters. The summed E-state index contributed by atoms with van der Waals surface area (Å²) in [5.41, 5.74) is 3.02. The fourth-order valence-corrected chi connectivity index (χ4v) is 2.73. The molecule has 0 aromatic heterocycles. The van der Waals surface area contributed by atoms with Gasteiger partial charge >= 0.3 is 0 Å². The Bertz CT molecular complexity index is 847. The Kier molecular flexibility index (Phi) is 5.86. The van der Waals surface area contributed by atoms with Crippen LogP contribution < -0.4 is 19.1 Å². The SMILES string of the molecule is C#CCOc1ccc(N(c2ccc(OC)cc2)c2ccc(OC)cc2)cc1. The van der Waals surface area contributed by atoms with Gasteiger partial charge in [-0.3, -0.25) is 0 Å². The first-order chi connectivity index (χ1) is 13.2. The molecule has 0 fully saturated rings. The minimum Gasteiger partial charge on any atom is -0.497 e. The van der Waals surface area contributed by atoms with Gasteiger partial charge in [0, 0.05) is 17.1 Å². The molecule has 0 bridgehead atoms. The largest absolute Gasteiger partial charge is 0.497 e. The molecule has 0 saturated heterocycles. The maximum atomic E-state index is 5.47. The molecule has 4 nitrogen and oxygen atoms in total. The number of methoxy groups -OCH3 is 2. The molecular weight excluding hydrogens is 338 g/mol. The van der Waals surface area contributed by atoms with E-state index < -0.39 is 0 Å². The van der Waals surface area contributed by atoms with Crippen molar-refractivity contribution in [3.63, 3.8) is 0 Å². The molecule has 0 aliphatic rings. The van der Waals surface area contributed by atoms with Gasteiger partial charge in [0.15, 0.2) is 0 Å². The summed E-state index contributed by atoms with van der Waals surface area (Å²) >= 11 is 0. The lowest BCUT2D eigenvalue weighted by Crippen LogP contribution is -2.09. The first kappa shape index (κ1) is 18.2. The van der Waals surface area contributed by atoms with Crippen molar-refractivity contribution in [3.8, 4) is 29.6 Å². The predicted molar refractivity (Wildman–Crippen MR) is 109 cm³/mol. The highest BCUT2D eigenvalue weighted by molar-refractivity contribution is 5.77. The number of hydrogen-bond donors (Lipinski definition) is 0. The molecule has 3 rings (SSSR count). The van der Waals surface area contributed by atoms with Crippen LogP contribution in [0.25, 0.3) is 0 Å². The summed E-state index contributed by atoms with van der Waals surface area (Å²) in [6, 6.07) is 23.7. The Morgan fingerprint density at radius 1 is 0.667 bits per heavy atom. The molecule has 27 heavy (non-hydrogen) atoms. The smallest absolute Gasteiger partial charge is 0.148 e. The van der Waals surface area contributed by atoms with Crippen LogP contribution >= 0.6 is 0 Å². The van der Waals surface area contributed by atoms with Crippen molar-refractivity contribution < 1.29 is 14.2 Å². The van der Waals surface area contributed by atoms with Gasteiger partial charge in [0.05, 0.1) is 14.2 Å². The van der Waals surface area contributed by atoms with E-state index in [2.05, 4.69) is 10.8 Å². The van der Waals surface area contributed by atoms with Crippen molar-refractivity contribution >= 4 is 17.1 Å². The van der Waals surface area contributed by atoms with E-state index in [0.717, 1.165) is 34.3 Å². The average Bonchev–Trinajstić information content (AvgIpc) is 2.74. The number of ether oxygens (including phenoxy) is 3. The van der Waals surface area contributed by atoms with Gasteiger partial charge in [0.1, 0.15) is 23.9 Å². The highest BCUT2D eigenvalue weighted by atomic mass is 16.5. The number of anilines is 3. The zero-order chi connectivity index (χ0) is 19.1. The summed E-state index contributed by atoms with van der Waals surface area (Å²) in [4.78, 5) is 2.14. The van der Waals surface area contributed by atoms with Crippen LogP contribution in [0.15, 0.2) is 72.8 Å². The highest BCUT2D eigenvalue weighted by Gasteiger charge is 2.13. The maximum absolute atomic E-state index is 5.47. The molecule has 0 spiro atoms. The van der Waals surface area contributed by atoms with Crippen molar-refractivity contribution in [2.24, 2.45) is 0 Å². The Morgan fingerprint density at radius 2 is 1.04 bits per heavy atom.